The first kappa shape index (κ1) is 11.0. The molecule has 0 aliphatic carbocycles. The molecule has 0 radical (unpaired) electrons. The molecule has 0 aliphatic heterocycles. The molecule has 0 atom stereocenters. The van der Waals surface area contributed by atoms with Gasteiger partial charge in [-0.3, -0.25) is 0 Å². The molecule has 1 heterocycles. The predicted molar refractivity (Wildman–Crippen MR) is 38.1 cm³/mol. The van der Waals surface area contributed by atoms with Crippen molar-refractivity contribution in [3.8, 4) is 0 Å². The molecule has 0 N–H and O–H groups in total. The second kappa shape index (κ2) is 4.79. The van der Waals surface area contributed by atoms with E-state index in [2.05, 4.69) is 11.9 Å². The highest BCUT2D eigenvalue weighted by Gasteiger charge is 2.20. The molecule has 1 aromatic rings. The lowest BCUT2D eigenvalue weighted by Crippen LogP contribution is -2.02. The van der Waals surface area contributed by atoms with Gasteiger partial charge in [0.2, 0.25) is 0 Å². The van der Waals surface area contributed by atoms with E-state index in [9.17, 15) is 17.3 Å². The van der Waals surface area contributed by atoms with Crippen molar-refractivity contribution in [2.45, 2.75) is 13.5 Å². The van der Waals surface area contributed by atoms with Gasteiger partial charge in [-0.1, -0.05) is 0 Å². The molecule has 0 saturated carbocycles. The SMILES string of the molecule is CCn1ccnc1.F[B-](F)(F)F. The van der Waals surface area contributed by atoms with Crippen molar-refractivity contribution in [1.29, 1.82) is 0 Å². The van der Waals surface area contributed by atoms with E-state index < -0.39 is 7.25 Å². The van der Waals surface area contributed by atoms with Gasteiger partial charge in [0.1, 0.15) is 0 Å². The zero-order valence-corrected chi connectivity index (χ0v) is 6.42. The highest BCUT2D eigenvalue weighted by molar-refractivity contribution is 6.50. The summed E-state index contributed by atoms with van der Waals surface area (Å²) in [4.78, 5) is 3.86. The number of halogens is 4. The molecule has 0 aliphatic rings. The summed E-state index contributed by atoms with van der Waals surface area (Å²) in [7, 11) is -6.00. The van der Waals surface area contributed by atoms with Crippen LogP contribution in [0.1, 0.15) is 6.92 Å². The molecule has 0 bridgehead atoms. The summed E-state index contributed by atoms with van der Waals surface area (Å²) in [6, 6.07) is 0. The Morgan fingerprint density at radius 1 is 1.33 bits per heavy atom. The van der Waals surface area contributed by atoms with Gasteiger partial charge in [0.25, 0.3) is 0 Å². The van der Waals surface area contributed by atoms with Crippen LogP contribution in [0.25, 0.3) is 0 Å². The van der Waals surface area contributed by atoms with Gasteiger partial charge in [-0.2, -0.15) is 0 Å². The monoisotopic (exact) mass is 183 g/mol. The maximum atomic E-state index is 9.75. The minimum Gasteiger partial charge on any atom is -0.418 e. The van der Waals surface area contributed by atoms with E-state index in [-0.39, 0.29) is 0 Å². The lowest BCUT2D eigenvalue weighted by atomic mass is 10.3. The standard InChI is InChI=1S/C5H8N2.BF4/c1-2-7-4-3-6-5-7;2-1(3,4)5/h3-5H,2H2,1H3;/q;-1. The van der Waals surface area contributed by atoms with Crippen molar-refractivity contribution >= 4 is 7.25 Å². The molecule has 0 unspecified atom stereocenters. The fourth-order valence-corrected chi connectivity index (χ4v) is 0.474. The molecule has 12 heavy (non-hydrogen) atoms. The van der Waals surface area contributed by atoms with Crippen LogP contribution in [0.3, 0.4) is 0 Å². The third kappa shape index (κ3) is 8.99. The van der Waals surface area contributed by atoms with Crippen LogP contribution in [-0.2, 0) is 6.54 Å². The van der Waals surface area contributed by atoms with E-state index in [1.807, 2.05) is 10.8 Å². The van der Waals surface area contributed by atoms with E-state index in [4.69, 9.17) is 0 Å². The van der Waals surface area contributed by atoms with Crippen molar-refractivity contribution in [2.75, 3.05) is 0 Å². The van der Waals surface area contributed by atoms with Gasteiger partial charge in [0, 0.05) is 18.9 Å². The van der Waals surface area contributed by atoms with Gasteiger partial charge in [-0.05, 0) is 6.92 Å². The van der Waals surface area contributed by atoms with Crippen LogP contribution in [0.15, 0.2) is 18.7 Å². The second-order valence-corrected chi connectivity index (χ2v) is 1.89. The fourth-order valence-electron chi connectivity index (χ4n) is 0.474. The molecule has 70 valence electrons. The van der Waals surface area contributed by atoms with E-state index >= 15 is 0 Å². The largest absolute Gasteiger partial charge is 0.673 e. The van der Waals surface area contributed by atoms with Crippen molar-refractivity contribution in [2.24, 2.45) is 0 Å². The first-order chi connectivity index (χ1) is 5.43. The number of hydrogen-bond acceptors (Lipinski definition) is 1. The molecule has 1 aromatic heterocycles. The van der Waals surface area contributed by atoms with Crippen LogP contribution < -0.4 is 0 Å². The topological polar surface area (TPSA) is 17.8 Å². The number of nitrogens with zero attached hydrogens (tertiary/aromatic N) is 2. The Kier molecular flexibility index (Phi) is 4.39. The molecule has 0 spiro atoms. The highest BCUT2D eigenvalue weighted by Crippen LogP contribution is 2.06. The normalized spacial score (nSPS) is 10.4. The summed E-state index contributed by atoms with van der Waals surface area (Å²) in [6.07, 6.45) is 5.53. The molecule has 0 saturated heterocycles. The first-order valence-corrected chi connectivity index (χ1v) is 3.26. The Morgan fingerprint density at radius 2 is 1.83 bits per heavy atom. The van der Waals surface area contributed by atoms with Crippen LogP contribution in [0.2, 0.25) is 0 Å². The first-order valence-electron chi connectivity index (χ1n) is 3.26. The van der Waals surface area contributed by atoms with Crippen LogP contribution in [-0.4, -0.2) is 16.8 Å². The molecular weight excluding hydrogens is 175 g/mol. The fraction of sp³-hybridized carbons (Fsp3) is 0.400. The maximum Gasteiger partial charge on any atom is 0.673 e. The summed E-state index contributed by atoms with van der Waals surface area (Å²) in [5.74, 6) is 0. The summed E-state index contributed by atoms with van der Waals surface area (Å²) < 4.78 is 41.0. The average Bonchev–Trinajstić information content (AvgIpc) is 2.33. The summed E-state index contributed by atoms with van der Waals surface area (Å²) in [5, 5.41) is 0. The highest BCUT2D eigenvalue weighted by atomic mass is 19.5. The molecule has 0 aromatic carbocycles. The van der Waals surface area contributed by atoms with Gasteiger partial charge in [-0.15, -0.1) is 0 Å². The molecule has 0 amide bonds. The number of aromatic nitrogens is 2. The zero-order valence-electron chi connectivity index (χ0n) is 6.42. The lowest BCUT2D eigenvalue weighted by molar-refractivity contribution is 0.368. The lowest BCUT2D eigenvalue weighted by Gasteiger charge is -1.94. The molecule has 2 nitrogen and oxygen atoms in total. The van der Waals surface area contributed by atoms with Crippen molar-refractivity contribution in [3.63, 3.8) is 0 Å². The quantitative estimate of drug-likeness (QED) is 0.481. The molecule has 0 fully saturated rings. The maximum absolute atomic E-state index is 9.75. The predicted octanol–water partition coefficient (Wildman–Crippen LogP) is 2.20. The minimum absolute atomic E-state index is 1.01. The van der Waals surface area contributed by atoms with Crippen LogP contribution >= 0.6 is 0 Å². The van der Waals surface area contributed by atoms with E-state index in [1.54, 1.807) is 12.5 Å². The van der Waals surface area contributed by atoms with Gasteiger partial charge < -0.3 is 21.8 Å². The van der Waals surface area contributed by atoms with Gasteiger partial charge in [0.05, 0.1) is 6.33 Å². The number of imidazole rings is 1. The van der Waals surface area contributed by atoms with Crippen LogP contribution in [0.4, 0.5) is 17.3 Å². The van der Waals surface area contributed by atoms with Crippen molar-refractivity contribution < 1.29 is 17.3 Å². The summed E-state index contributed by atoms with van der Waals surface area (Å²) in [5.41, 5.74) is 0. The number of aryl methyl sites for hydroxylation is 1. The Hall–Kier alpha value is -1.01. The van der Waals surface area contributed by atoms with Crippen molar-refractivity contribution in [3.05, 3.63) is 18.7 Å². The van der Waals surface area contributed by atoms with Gasteiger partial charge >= 0.3 is 7.25 Å². The molecular formula is C5H8BF4N2-. The van der Waals surface area contributed by atoms with E-state index in [1.165, 1.54) is 0 Å². The number of rotatable bonds is 1. The summed E-state index contributed by atoms with van der Waals surface area (Å²) >= 11 is 0. The minimum atomic E-state index is -6.00. The van der Waals surface area contributed by atoms with Crippen LogP contribution in [0, 0.1) is 0 Å². The van der Waals surface area contributed by atoms with Gasteiger partial charge in [-0.25, -0.2) is 4.98 Å². The number of hydrogen-bond donors (Lipinski definition) is 0. The third-order valence-corrected chi connectivity index (χ3v) is 0.924. The van der Waals surface area contributed by atoms with Crippen molar-refractivity contribution in [1.82, 2.24) is 9.55 Å². The Bertz CT molecular complexity index is 190. The summed E-state index contributed by atoms with van der Waals surface area (Å²) in [6.45, 7) is 3.10. The zero-order chi connectivity index (χ0) is 9.61. The van der Waals surface area contributed by atoms with E-state index in [0.717, 1.165) is 6.54 Å². The molecule has 7 heteroatoms. The second-order valence-electron chi connectivity index (χ2n) is 1.89. The molecule has 1 rings (SSSR count). The van der Waals surface area contributed by atoms with Crippen LogP contribution in [0.5, 0.6) is 0 Å². The Labute approximate surface area is 67.3 Å². The smallest absolute Gasteiger partial charge is 0.418 e. The Morgan fingerprint density at radius 3 is 2.00 bits per heavy atom. The third-order valence-electron chi connectivity index (χ3n) is 0.924. The van der Waals surface area contributed by atoms with E-state index in [0.29, 0.717) is 0 Å². The average molecular weight is 183 g/mol. The Balaban J connectivity index is 0.000000217. The van der Waals surface area contributed by atoms with Gasteiger partial charge in [0.15, 0.2) is 0 Å².